The summed E-state index contributed by atoms with van der Waals surface area (Å²) in [6.07, 6.45) is 0. The summed E-state index contributed by atoms with van der Waals surface area (Å²) in [6, 6.07) is 9.55. The molecular weight excluding hydrogens is 288 g/mol. The van der Waals surface area contributed by atoms with Crippen molar-refractivity contribution in [3.63, 3.8) is 0 Å². The maximum Gasteiger partial charge on any atom is 0.268 e. The highest BCUT2D eigenvalue weighted by Crippen LogP contribution is 2.25. The summed E-state index contributed by atoms with van der Waals surface area (Å²) >= 11 is 1.52. The van der Waals surface area contributed by atoms with Gasteiger partial charge in [0.15, 0.2) is 5.16 Å². The van der Waals surface area contributed by atoms with Crippen molar-refractivity contribution in [2.75, 3.05) is 0 Å². The van der Waals surface area contributed by atoms with Crippen LogP contribution in [0.1, 0.15) is 21.9 Å². The molecule has 21 heavy (non-hydrogen) atoms. The van der Waals surface area contributed by atoms with E-state index >= 15 is 0 Å². The SMILES string of the molecule is Cc1oc(CSc2nc3ccccc3[nH]2)cc1C(=O)NN. The van der Waals surface area contributed by atoms with Crippen LogP contribution in [0.3, 0.4) is 0 Å². The minimum Gasteiger partial charge on any atom is -0.465 e. The lowest BCUT2D eigenvalue weighted by Gasteiger charge is -1.93. The average Bonchev–Trinajstić information content (AvgIpc) is 3.07. The predicted molar refractivity (Wildman–Crippen MR) is 80.8 cm³/mol. The Hall–Kier alpha value is -2.25. The molecule has 2 heterocycles. The van der Waals surface area contributed by atoms with Gasteiger partial charge in [0.1, 0.15) is 11.5 Å². The number of hydrogen-bond donors (Lipinski definition) is 3. The number of nitrogen functional groups attached to an aromatic ring is 1. The number of nitrogens with zero attached hydrogens (tertiary/aromatic N) is 1. The van der Waals surface area contributed by atoms with E-state index in [2.05, 4.69) is 15.4 Å². The van der Waals surface area contributed by atoms with Gasteiger partial charge < -0.3 is 9.40 Å². The van der Waals surface area contributed by atoms with Crippen LogP contribution >= 0.6 is 11.8 Å². The van der Waals surface area contributed by atoms with Crippen molar-refractivity contribution in [1.82, 2.24) is 15.4 Å². The molecule has 0 aliphatic carbocycles. The Morgan fingerprint density at radius 2 is 2.29 bits per heavy atom. The first-order chi connectivity index (χ1) is 10.2. The van der Waals surface area contributed by atoms with Gasteiger partial charge >= 0.3 is 0 Å². The fourth-order valence-corrected chi connectivity index (χ4v) is 2.82. The first-order valence-electron chi connectivity index (χ1n) is 6.35. The second-order valence-electron chi connectivity index (χ2n) is 4.50. The van der Waals surface area contributed by atoms with E-state index in [4.69, 9.17) is 10.3 Å². The number of hydrogen-bond acceptors (Lipinski definition) is 5. The summed E-state index contributed by atoms with van der Waals surface area (Å²) in [5.74, 6) is 6.62. The van der Waals surface area contributed by atoms with Crippen LogP contribution < -0.4 is 11.3 Å². The standard InChI is InChI=1S/C14H14N4O2S/c1-8-10(13(19)18-15)6-9(20-8)7-21-14-16-11-4-2-3-5-12(11)17-14/h2-6H,7,15H2,1H3,(H,16,17)(H,18,19). The van der Waals surface area contributed by atoms with Crippen molar-refractivity contribution < 1.29 is 9.21 Å². The molecule has 0 aliphatic heterocycles. The molecule has 0 atom stereocenters. The van der Waals surface area contributed by atoms with Crippen LogP contribution in [0.2, 0.25) is 0 Å². The van der Waals surface area contributed by atoms with Gasteiger partial charge in [-0.3, -0.25) is 10.2 Å². The van der Waals surface area contributed by atoms with Crippen LogP contribution in [0.4, 0.5) is 0 Å². The summed E-state index contributed by atoms with van der Waals surface area (Å²) in [5.41, 5.74) is 4.49. The number of H-pyrrole nitrogens is 1. The van der Waals surface area contributed by atoms with Gasteiger partial charge in [-0.15, -0.1) is 0 Å². The largest absolute Gasteiger partial charge is 0.465 e. The van der Waals surface area contributed by atoms with Gasteiger partial charge in [0.2, 0.25) is 0 Å². The zero-order valence-electron chi connectivity index (χ0n) is 11.3. The second-order valence-corrected chi connectivity index (χ2v) is 5.47. The Kier molecular flexibility index (Phi) is 3.68. The number of amides is 1. The lowest BCUT2D eigenvalue weighted by Crippen LogP contribution is -2.30. The molecule has 0 saturated heterocycles. The van der Waals surface area contributed by atoms with Gasteiger partial charge in [0.25, 0.3) is 5.91 Å². The maximum absolute atomic E-state index is 11.5. The number of aromatic nitrogens is 2. The zero-order chi connectivity index (χ0) is 14.8. The summed E-state index contributed by atoms with van der Waals surface area (Å²) < 4.78 is 5.55. The number of hydrazine groups is 1. The van der Waals surface area contributed by atoms with E-state index in [9.17, 15) is 4.79 Å². The number of nitrogens with two attached hydrogens (primary N) is 1. The Morgan fingerprint density at radius 1 is 1.48 bits per heavy atom. The molecule has 2 aromatic heterocycles. The Bertz CT molecular complexity index is 760. The zero-order valence-corrected chi connectivity index (χ0v) is 12.2. The van der Waals surface area contributed by atoms with E-state index in [-0.39, 0.29) is 5.91 Å². The number of carbonyl (C=O) groups excluding carboxylic acids is 1. The summed E-state index contributed by atoms with van der Waals surface area (Å²) in [6.45, 7) is 1.74. The van der Waals surface area contributed by atoms with Gasteiger partial charge in [0, 0.05) is 0 Å². The van der Waals surface area contributed by atoms with Crippen molar-refractivity contribution in [2.24, 2.45) is 5.84 Å². The first kappa shape index (κ1) is 13.7. The highest BCUT2D eigenvalue weighted by atomic mass is 32.2. The molecule has 1 amide bonds. The number of rotatable bonds is 4. The number of para-hydroxylation sites is 2. The first-order valence-corrected chi connectivity index (χ1v) is 7.33. The molecule has 0 unspecified atom stereocenters. The fraction of sp³-hybridized carbons (Fsp3) is 0.143. The number of aryl methyl sites for hydroxylation is 1. The quantitative estimate of drug-likeness (QED) is 0.297. The van der Waals surface area contributed by atoms with E-state index < -0.39 is 0 Å². The minimum atomic E-state index is -0.351. The van der Waals surface area contributed by atoms with Gasteiger partial charge in [0.05, 0.1) is 22.3 Å². The highest BCUT2D eigenvalue weighted by Gasteiger charge is 2.14. The molecule has 0 fully saturated rings. The van der Waals surface area contributed by atoms with E-state index in [1.807, 2.05) is 24.3 Å². The lowest BCUT2D eigenvalue weighted by molar-refractivity contribution is 0.0952. The van der Waals surface area contributed by atoms with Crippen LogP contribution in [-0.4, -0.2) is 15.9 Å². The topological polar surface area (TPSA) is 96.9 Å². The van der Waals surface area contributed by atoms with Gasteiger partial charge in [-0.1, -0.05) is 23.9 Å². The van der Waals surface area contributed by atoms with Crippen molar-refractivity contribution >= 4 is 28.7 Å². The van der Waals surface area contributed by atoms with E-state index in [0.29, 0.717) is 22.8 Å². The highest BCUT2D eigenvalue weighted by molar-refractivity contribution is 7.98. The Labute approximate surface area is 125 Å². The molecule has 0 aliphatic rings. The molecule has 3 rings (SSSR count). The average molecular weight is 302 g/mol. The van der Waals surface area contributed by atoms with Gasteiger partial charge in [-0.2, -0.15) is 0 Å². The maximum atomic E-state index is 11.5. The minimum absolute atomic E-state index is 0.351. The molecule has 108 valence electrons. The number of benzene rings is 1. The molecule has 6 nitrogen and oxygen atoms in total. The molecule has 1 aromatic carbocycles. The Morgan fingerprint density at radius 3 is 3.05 bits per heavy atom. The number of fused-ring (bicyclic) bond motifs is 1. The number of furan rings is 1. The van der Waals surface area contributed by atoms with Crippen molar-refractivity contribution in [3.05, 3.63) is 47.4 Å². The molecule has 3 aromatic rings. The third-order valence-corrected chi connectivity index (χ3v) is 3.96. The second kappa shape index (κ2) is 5.63. The van der Waals surface area contributed by atoms with Crippen molar-refractivity contribution in [1.29, 1.82) is 0 Å². The monoisotopic (exact) mass is 302 g/mol. The number of nitrogens with one attached hydrogen (secondary N) is 2. The van der Waals surface area contributed by atoms with Crippen LogP contribution in [0.5, 0.6) is 0 Å². The number of thioether (sulfide) groups is 1. The van der Waals surface area contributed by atoms with Gasteiger partial charge in [-0.25, -0.2) is 10.8 Å². The van der Waals surface area contributed by atoms with Crippen LogP contribution in [-0.2, 0) is 5.75 Å². The summed E-state index contributed by atoms with van der Waals surface area (Å²) in [4.78, 5) is 19.2. The fourth-order valence-electron chi connectivity index (χ4n) is 2.06. The molecule has 4 N–H and O–H groups in total. The predicted octanol–water partition coefficient (Wildman–Crippen LogP) is 2.36. The van der Waals surface area contributed by atoms with E-state index in [1.165, 1.54) is 11.8 Å². The van der Waals surface area contributed by atoms with Crippen LogP contribution in [0.25, 0.3) is 11.0 Å². The number of carbonyl (C=O) groups is 1. The van der Waals surface area contributed by atoms with Gasteiger partial charge in [-0.05, 0) is 25.1 Å². The van der Waals surface area contributed by atoms with E-state index in [0.717, 1.165) is 16.2 Å². The Balaban J connectivity index is 1.74. The van der Waals surface area contributed by atoms with Crippen molar-refractivity contribution in [2.45, 2.75) is 17.8 Å². The summed E-state index contributed by atoms with van der Waals surface area (Å²) in [5, 5.41) is 0.815. The number of aromatic amines is 1. The smallest absolute Gasteiger partial charge is 0.268 e. The molecular formula is C14H14N4O2S. The van der Waals surface area contributed by atoms with Crippen LogP contribution in [0.15, 0.2) is 39.9 Å². The molecule has 0 bridgehead atoms. The third kappa shape index (κ3) is 2.79. The normalized spacial score (nSPS) is 11.0. The van der Waals surface area contributed by atoms with E-state index in [1.54, 1.807) is 13.0 Å². The van der Waals surface area contributed by atoms with Crippen molar-refractivity contribution in [3.8, 4) is 0 Å². The molecule has 0 radical (unpaired) electrons. The molecule has 0 saturated carbocycles. The number of imidazole rings is 1. The summed E-state index contributed by atoms with van der Waals surface area (Å²) in [7, 11) is 0. The third-order valence-electron chi connectivity index (χ3n) is 3.06. The lowest BCUT2D eigenvalue weighted by atomic mass is 10.2. The molecule has 0 spiro atoms. The van der Waals surface area contributed by atoms with Crippen LogP contribution in [0, 0.1) is 6.92 Å². The molecule has 7 heteroatoms.